The van der Waals surface area contributed by atoms with Crippen molar-refractivity contribution in [2.45, 2.75) is 83.1 Å². The molecular formula is C72H60. The number of hydrogen-bond acceptors (Lipinski definition) is 0. The fourth-order valence-electron chi connectivity index (χ4n) is 13.9. The molecule has 348 valence electrons. The quantitative estimate of drug-likeness (QED) is 0.146. The van der Waals surface area contributed by atoms with Gasteiger partial charge in [0, 0.05) is 0 Å². The van der Waals surface area contributed by atoms with Crippen LogP contribution in [0.15, 0.2) is 146 Å². The third-order valence-electron chi connectivity index (χ3n) is 15.8. The van der Waals surface area contributed by atoms with Crippen LogP contribution in [0.3, 0.4) is 0 Å². The van der Waals surface area contributed by atoms with E-state index < -0.39 is 0 Å². The molecular weight excluding hydrogens is 865 g/mol. The molecule has 13 aromatic carbocycles. The summed E-state index contributed by atoms with van der Waals surface area (Å²) in [5.74, 6) is 0. The van der Waals surface area contributed by atoms with Crippen LogP contribution in [0.1, 0.15) is 100 Å². The summed E-state index contributed by atoms with van der Waals surface area (Å²) >= 11 is 0. The van der Waals surface area contributed by atoms with E-state index in [9.17, 15) is 0 Å². The SMILES string of the molecule is Cc1cc(C)cc(C(c2cc(C)cc(C)c2)=c2c3ccc4c(=C(c5cc(C)cc(C)c5)c5cc(C)cc(C)c5)c5ccc6c(=C(c7cc(C)cc(C)c7)c7cc(C)cc(C)c7)c7ccc2c2c3c4c5c6c72)c1. The van der Waals surface area contributed by atoms with Crippen LogP contribution in [0.4, 0.5) is 0 Å². The molecule has 0 aliphatic carbocycles. The molecule has 0 N–H and O–H groups in total. The highest BCUT2D eigenvalue weighted by Crippen LogP contribution is 2.50. The molecule has 0 bridgehead atoms. The molecule has 0 aromatic heterocycles. The van der Waals surface area contributed by atoms with E-state index in [-0.39, 0.29) is 0 Å². The van der Waals surface area contributed by atoms with Crippen molar-refractivity contribution in [1.82, 2.24) is 0 Å². The smallest absolute Gasteiger partial charge is 0.000694 e. The molecule has 0 aliphatic heterocycles. The van der Waals surface area contributed by atoms with E-state index >= 15 is 0 Å². The summed E-state index contributed by atoms with van der Waals surface area (Å²) in [4.78, 5) is 0. The van der Waals surface area contributed by atoms with Gasteiger partial charge < -0.3 is 0 Å². The minimum absolute atomic E-state index is 1.27. The monoisotopic (exact) mass is 924 g/mol. The number of hydrogen-bond donors (Lipinski definition) is 0. The van der Waals surface area contributed by atoms with Gasteiger partial charge in [-0.3, -0.25) is 0 Å². The number of benzene rings is 10. The predicted octanol–water partition coefficient (Wildman–Crippen LogP) is 16.5. The van der Waals surface area contributed by atoms with Crippen LogP contribution in [0.5, 0.6) is 0 Å². The first-order valence-corrected chi connectivity index (χ1v) is 25.9. The average Bonchev–Trinajstić information content (AvgIpc) is 3.91. The second-order valence-electron chi connectivity index (χ2n) is 22.2. The van der Waals surface area contributed by atoms with Crippen molar-refractivity contribution >= 4 is 81.4 Å². The van der Waals surface area contributed by atoms with E-state index in [4.69, 9.17) is 0 Å². The molecule has 13 rings (SSSR count). The first-order valence-electron chi connectivity index (χ1n) is 25.9. The van der Waals surface area contributed by atoms with Crippen LogP contribution in [-0.4, -0.2) is 0 Å². The zero-order valence-electron chi connectivity index (χ0n) is 43.9. The molecule has 0 radical (unpaired) electrons. The molecule has 0 atom stereocenters. The first kappa shape index (κ1) is 44.2. The maximum absolute atomic E-state index is 2.50. The van der Waals surface area contributed by atoms with Gasteiger partial charge in [-0.2, -0.15) is 0 Å². The fraction of sp³-hybridized carbons (Fsp3) is 0.167. The van der Waals surface area contributed by atoms with Crippen LogP contribution in [0, 0.1) is 83.1 Å². The van der Waals surface area contributed by atoms with E-state index in [1.165, 1.54) is 197 Å². The second kappa shape index (κ2) is 15.9. The average molecular weight is 925 g/mol. The van der Waals surface area contributed by atoms with Crippen molar-refractivity contribution in [3.05, 3.63) is 261 Å². The Kier molecular flexibility index (Phi) is 9.72. The highest BCUT2D eigenvalue weighted by atomic mass is 14.3. The molecule has 0 heterocycles. The third-order valence-corrected chi connectivity index (χ3v) is 15.8. The lowest BCUT2D eigenvalue weighted by Crippen LogP contribution is -2.10. The Labute approximate surface area is 423 Å². The van der Waals surface area contributed by atoms with Gasteiger partial charge in [0.15, 0.2) is 0 Å². The lowest BCUT2D eigenvalue weighted by atomic mass is 9.90. The molecule has 0 fully saturated rings. The van der Waals surface area contributed by atoms with Crippen LogP contribution < -0.4 is 15.7 Å². The largest absolute Gasteiger partial charge is 0.0563 e. The Morgan fingerprint density at radius 3 is 0.431 bits per heavy atom. The number of rotatable bonds is 6. The van der Waals surface area contributed by atoms with E-state index in [0.29, 0.717) is 0 Å². The molecule has 13 aromatic rings. The van der Waals surface area contributed by atoms with Gasteiger partial charge in [-0.25, -0.2) is 0 Å². The van der Waals surface area contributed by atoms with Crippen molar-refractivity contribution in [3.63, 3.8) is 0 Å². The van der Waals surface area contributed by atoms with Crippen molar-refractivity contribution < 1.29 is 0 Å². The van der Waals surface area contributed by atoms with Gasteiger partial charge in [0.1, 0.15) is 0 Å². The Morgan fingerprint density at radius 2 is 0.306 bits per heavy atom. The van der Waals surface area contributed by atoms with Crippen molar-refractivity contribution in [1.29, 1.82) is 0 Å². The van der Waals surface area contributed by atoms with Crippen LogP contribution in [0.2, 0.25) is 0 Å². The normalized spacial score (nSPS) is 12.2. The van der Waals surface area contributed by atoms with E-state index in [1.807, 2.05) is 0 Å². The maximum atomic E-state index is 2.50. The summed E-state index contributed by atoms with van der Waals surface area (Å²) in [6.07, 6.45) is 0. The van der Waals surface area contributed by atoms with E-state index in [1.54, 1.807) is 0 Å². The highest BCUT2D eigenvalue weighted by molar-refractivity contribution is 6.48. The minimum Gasteiger partial charge on any atom is -0.0563 e. The summed E-state index contributed by atoms with van der Waals surface area (Å²) in [6.45, 7) is 27.0. The van der Waals surface area contributed by atoms with Crippen molar-refractivity contribution in [2.24, 2.45) is 0 Å². The Hall–Kier alpha value is -7.80. The zero-order valence-corrected chi connectivity index (χ0v) is 43.9. The second-order valence-corrected chi connectivity index (χ2v) is 22.2. The Bertz CT molecular complexity index is 3710. The maximum Gasteiger partial charge on any atom is -0.000694 e. The van der Waals surface area contributed by atoms with Gasteiger partial charge in [-0.15, -0.1) is 0 Å². The first-order chi connectivity index (χ1) is 34.6. The standard InChI is InChI=1S/C72H60/c1-37-19-38(2)26-49(25-37)61(50-27-39(3)20-40(4)28-50)64-55-13-15-57-65(62(51-29-41(5)21-42(6)30-51)52-31-43(7)22-44(8)32-52)59-17-18-60-66(58-16-14-56(64)68-67(55)69(57)71(59)72(60)70(58)68)63(53-33-45(9)23-46(10)34-53)54-35-47(11)24-48(12)36-54/h13-36H,1-12H3. The predicted molar refractivity (Wildman–Crippen MR) is 311 cm³/mol. The summed E-state index contributed by atoms with van der Waals surface area (Å²) in [6, 6.07) is 57.8. The van der Waals surface area contributed by atoms with Gasteiger partial charge in [-0.05, 0) is 213 Å². The summed E-state index contributed by atoms with van der Waals surface area (Å²) in [5.41, 5.74) is 26.9. The molecule has 0 aliphatic rings. The van der Waals surface area contributed by atoms with Gasteiger partial charge in [0.05, 0.1) is 0 Å². The summed E-state index contributed by atoms with van der Waals surface area (Å²) < 4.78 is 0. The van der Waals surface area contributed by atoms with Crippen LogP contribution in [0.25, 0.3) is 81.4 Å². The Balaban J connectivity index is 1.37. The van der Waals surface area contributed by atoms with Gasteiger partial charge in [0.2, 0.25) is 0 Å². The lowest BCUT2D eigenvalue weighted by molar-refractivity contribution is 1.34. The highest BCUT2D eigenvalue weighted by Gasteiger charge is 2.30. The number of aryl methyl sites for hydroxylation is 12. The molecule has 0 amide bonds. The molecule has 0 heteroatoms. The van der Waals surface area contributed by atoms with Gasteiger partial charge in [0.25, 0.3) is 0 Å². The van der Waals surface area contributed by atoms with E-state index in [2.05, 4.69) is 229 Å². The van der Waals surface area contributed by atoms with Crippen molar-refractivity contribution in [2.75, 3.05) is 0 Å². The molecule has 0 saturated heterocycles. The van der Waals surface area contributed by atoms with E-state index in [0.717, 1.165) is 0 Å². The molecule has 0 spiro atoms. The van der Waals surface area contributed by atoms with Crippen LogP contribution in [-0.2, 0) is 0 Å². The summed E-state index contributed by atoms with van der Waals surface area (Å²) in [5, 5.41) is 20.3. The summed E-state index contributed by atoms with van der Waals surface area (Å²) in [7, 11) is 0. The molecule has 72 heavy (non-hydrogen) atoms. The Morgan fingerprint density at radius 1 is 0.181 bits per heavy atom. The van der Waals surface area contributed by atoms with Crippen LogP contribution >= 0.6 is 0 Å². The third kappa shape index (κ3) is 6.65. The molecule has 0 nitrogen and oxygen atoms in total. The zero-order chi connectivity index (χ0) is 49.8. The molecule has 0 saturated carbocycles. The van der Waals surface area contributed by atoms with Gasteiger partial charge >= 0.3 is 0 Å². The van der Waals surface area contributed by atoms with Gasteiger partial charge in [-0.1, -0.05) is 212 Å². The molecule has 0 unspecified atom stereocenters. The minimum atomic E-state index is 1.27. The van der Waals surface area contributed by atoms with Crippen molar-refractivity contribution in [3.8, 4) is 0 Å². The lowest BCUT2D eigenvalue weighted by Gasteiger charge is -2.14. The fourth-order valence-corrected chi connectivity index (χ4v) is 13.9. The topological polar surface area (TPSA) is 0 Å².